The third-order valence-electron chi connectivity index (χ3n) is 6.33. The molecule has 2 aromatic rings. The summed E-state index contributed by atoms with van der Waals surface area (Å²) in [7, 11) is 0. The van der Waals surface area contributed by atoms with E-state index in [4.69, 9.17) is 4.42 Å². The maximum Gasteiger partial charge on any atom is 0.291 e. The second-order valence-corrected chi connectivity index (χ2v) is 7.95. The minimum atomic E-state index is -0.316. The number of likely N-dealkylation sites (tertiary alicyclic amines) is 1. The Morgan fingerprint density at radius 1 is 1.07 bits per heavy atom. The van der Waals surface area contributed by atoms with Crippen molar-refractivity contribution in [3.8, 4) is 0 Å². The molecule has 1 aromatic carbocycles. The molecule has 0 radical (unpaired) electrons. The highest BCUT2D eigenvalue weighted by Crippen LogP contribution is 2.39. The summed E-state index contributed by atoms with van der Waals surface area (Å²) in [6, 6.07) is 8.76. The summed E-state index contributed by atoms with van der Waals surface area (Å²) in [5.74, 6) is -0.0154. The van der Waals surface area contributed by atoms with Crippen LogP contribution in [-0.2, 0) is 0 Å². The van der Waals surface area contributed by atoms with E-state index >= 15 is 0 Å². The largest absolute Gasteiger partial charge is 0.459 e. The van der Waals surface area contributed by atoms with Gasteiger partial charge in [-0.3, -0.25) is 9.59 Å². The predicted octanol–water partition coefficient (Wildman–Crippen LogP) is 3.45. The van der Waals surface area contributed by atoms with E-state index < -0.39 is 0 Å². The second kappa shape index (κ2) is 7.80. The molecule has 0 atom stereocenters. The van der Waals surface area contributed by atoms with E-state index in [2.05, 4.69) is 10.6 Å². The second-order valence-electron chi connectivity index (χ2n) is 7.95. The lowest BCUT2D eigenvalue weighted by Crippen LogP contribution is -2.47. The van der Waals surface area contributed by atoms with E-state index in [1.807, 2.05) is 30.0 Å². The number of carbonyl (C=O) groups excluding carboxylic acids is 2. The van der Waals surface area contributed by atoms with Gasteiger partial charge < -0.3 is 20.0 Å². The number of hydrogen-bond acceptors (Lipinski definition) is 4. The minimum absolute atomic E-state index is 0.0513. The van der Waals surface area contributed by atoms with Gasteiger partial charge in [0, 0.05) is 24.3 Å². The first kappa shape index (κ1) is 18.7. The van der Waals surface area contributed by atoms with Crippen LogP contribution < -0.4 is 10.6 Å². The summed E-state index contributed by atoms with van der Waals surface area (Å²) in [5.41, 5.74) is 2.49. The minimum Gasteiger partial charge on any atom is -0.459 e. The number of piperidine rings is 2. The van der Waals surface area contributed by atoms with Gasteiger partial charge in [-0.1, -0.05) is 6.07 Å². The molecule has 0 bridgehead atoms. The average Bonchev–Trinajstić information content (AvgIpc) is 3.25. The Hall–Kier alpha value is -2.60. The summed E-state index contributed by atoms with van der Waals surface area (Å²) in [5, 5.41) is 6.28. The van der Waals surface area contributed by atoms with Crippen LogP contribution >= 0.6 is 0 Å². The molecule has 0 unspecified atom stereocenters. The van der Waals surface area contributed by atoms with Gasteiger partial charge in [-0.15, -0.1) is 0 Å². The van der Waals surface area contributed by atoms with Crippen LogP contribution in [0.5, 0.6) is 0 Å². The van der Waals surface area contributed by atoms with Crippen molar-refractivity contribution in [3.05, 3.63) is 53.5 Å². The zero-order valence-electron chi connectivity index (χ0n) is 16.3. The monoisotopic (exact) mass is 381 g/mol. The number of benzene rings is 1. The van der Waals surface area contributed by atoms with E-state index in [0.717, 1.165) is 44.6 Å². The van der Waals surface area contributed by atoms with Crippen LogP contribution in [0.2, 0.25) is 0 Å². The van der Waals surface area contributed by atoms with E-state index in [1.54, 1.807) is 12.1 Å². The topological polar surface area (TPSA) is 74.6 Å². The van der Waals surface area contributed by atoms with Gasteiger partial charge in [-0.05, 0) is 80.9 Å². The number of anilines is 1. The van der Waals surface area contributed by atoms with Gasteiger partial charge in [-0.25, -0.2) is 0 Å². The Morgan fingerprint density at radius 2 is 1.82 bits per heavy atom. The first-order valence-corrected chi connectivity index (χ1v) is 10.0. The summed E-state index contributed by atoms with van der Waals surface area (Å²) in [6.45, 7) is 5.67. The zero-order chi connectivity index (χ0) is 19.6. The van der Waals surface area contributed by atoms with Crippen molar-refractivity contribution in [2.75, 3.05) is 31.5 Å². The molecule has 2 aliphatic heterocycles. The lowest BCUT2D eigenvalue weighted by atomic mass is 9.71. The lowest BCUT2D eigenvalue weighted by molar-refractivity contribution is 0.0495. The number of hydrogen-bond donors (Lipinski definition) is 2. The third-order valence-corrected chi connectivity index (χ3v) is 6.33. The van der Waals surface area contributed by atoms with Crippen molar-refractivity contribution >= 4 is 17.5 Å². The molecule has 148 valence electrons. The summed E-state index contributed by atoms with van der Waals surface area (Å²) >= 11 is 0. The van der Waals surface area contributed by atoms with Gasteiger partial charge in [0.05, 0.1) is 6.26 Å². The van der Waals surface area contributed by atoms with Crippen LogP contribution in [0.3, 0.4) is 0 Å². The molecule has 6 heteroatoms. The quantitative estimate of drug-likeness (QED) is 0.854. The van der Waals surface area contributed by atoms with Crippen LogP contribution in [0.25, 0.3) is 0 Å². The van der Waals surface area contributed by atoms with E-state index in [9.17, 15) is 9.59 Å². The van der Waals surface area contributed by atoms with E-state index in [0.29, 0.717) is 16.7 Å². The van der Waals surface area contributed by atoms with Crippen molar-refractivity contribution in [2.24, 2.45) is 5.41 Å². The van der Waals surface area contributed by atoms with Crippen molar-refractivity contribution in [1.29, 1.82) is 0 Å². The zero-order valence-corrected chi connectivity index (χ0v) is 16.3. The molecule has 2 aliphatic rings. The molecule has 2 saturated heterocycles. The van der Waals surface area contributed by atoms with Gasteiger partial charge >= 0.3 is 0 Å². The Morgan fingerprint density at radius 3 is 2.50 bits per heavy atom. The molecule has 3 heterocycles. The fourth-order valence-corrected chi connectivity index (χ4v) is 4.41. The highest BCUT2D eigenvalue weighted by molar-refractivity contribution is 6.04. The number of nitrogens with one attached hydrogen (secondary N) is 2. The highest BCUT2D eigenvalue weighted by Gasteiger charge is 2.37. The Labute approximate surface area is 165 Å². The van der Waals surface area contributed by atoms with Crippen LogP contribution in [0.1, 0.15) is 52.2 Å². The smallest absolute Gasteiger partial charge is 0.291 e. The standard InChI is InChI=1S/C22H27N3O3/c1-16-17(4-2-5-18(16)24-20(26)19-6-3-15-28-19)21(27)25-13-9-22(10-14-25)7-11-23-12-8-22/h2-6,15,23H,7-14H2,1H3,(H,24,26). The Balaban J connectivity index is 1.45. The molecular formula is C22H27N3O3. The van der Waals surface area contributed by atoms with E-state index in [-0.39, 0.29) is 17.6 Å². The number of amides is 2. The fourth-order valence-electron chi connectivity index (χ4n) is 4.41. The molecule has 1 aromatic heterocycles. The van der Waals surface area contributed by atoms with Crippen molar-refractivity contribution in [3.63, 3.8) is 0 Å². The first-order chi connectivity index (χ1) is 13.6. The van der Waals surface area contributed by atoms with Crippen LogP contribution in [0.15, 0.2) is 41.0 Å². The van der Waals surface area contributed by atoms with Gasteiger partial charge in [-0.2, -0.15) is 0 Å². The molecule has 1 spiro atoms. The van der Waals surface area contributed by atoms with Gasteiger partial charge in [0.15, 0.2) is 5.76 Å². The molecule has 2 N–H and O–H groups in total. The van der Waals surface area contributed by atoms with Crippen LogP contribution in [-0.4, -0.2) is 42.9 Å². The first-order valence-electron chi connectivity index (χ1n) is 10.0. The molecule has 6 nitrogen and oxygen atoms in total. The maximum absolute atomic E-state index is 13.1. The van der Waals surface area contributed by atoms with Crippen LogP contribution in [0, 0.1) is 12.3 Å². The number of furan rings is 1. The number of rotatable bonds is 3. The van der Waals surface area contributed by atoms with Crippen molar-refractivity contribution in [2.45, 2.75) is 32.6 Å². The molecule has 0 aliphatic carbocycles. The summed E-state index contributed by atoms with van der Waals surface area (Å²) in [6.07, 6.45) is 6.04. The fraction of sp³-hybridized carbons (Fsp3) is 0.455. The molecule has 2 fully saturated rings. The average molecular weight is 381 g/mol. The highest BCUT2D eigenvalue weighted by atomic mass is 16.3. The van der Waals surface area contributed by atoms with Gasteiger partial charge in [0.1, 0.15) is 0 Å². The third kappa shape index (κ3) is 3.69. The Kier molecular flexibility index (Phi) is 5.22. The molecule has 0 saturated carbocycles. The maximum atomic E-state index is 13.1. The predicted molar refractivity (Wildman–Crippen MR) is 108 cm³/mol. The molecule has 2 amide bonds. The molecule has 28 heavy (non-hydrogen) atoms. The number of nitrogens with zero attached hydrogens (tertiary/aromatic N) is 1. The summed E-state index contributed by atoms with van der Waals surface area (Å²) < 4.78 is 5.14. The van der Waals surface area contributed by atoms with E-state index in [1.165, 1.54) is 19.1 Å². The lowest BCUT2D eigenvalue weighted by Gasteiger charge is -2.44. The molecule has 4 rings (SSSR count). The van der Waals surface area contributed by atoms with Gasteiger partial charge in [0.25, 0.3) is 11.8 Å². The molecular weight excluding hydrogens is 354 g/mol. The SMILES string of the molecule is Cc1c(NC(=O)c2ccco2)cccc1C(=O)N1CCC2(CCNCC2)CC1. The van der Waals surface area contributed by atoms with Crippen LogP contribution in [0.4, 0.5) is 5.69 Å². The number of carbonyl (C=O) groups is 2. The van der Waals surface area contributed by atoms with Crippen molar-refractivity contribution < 1.29 is 14.0 Å². The van der Waals surface area contributed by atoms with Crippen molar-refractivity contribution in [1.82, 2.24) is 10.2 Å². The summed E-state index contributed by atoms with van der Waals surface area (Å²) in [4.78, 5) is 27.4. The van der Waals surface area contributed by atoms with Gasteiger partial charge in [0.2, 0.25) is 0 Å². The normalized spacial score (nSPS) is 18.8. The Bertz CT molecular complexity index is 844.